The molecule has 2 aromatic carbocycles. The normalized spacial score (nSPS) is 14.3. The van der Waals surface area contributed by atoms with Crippen LogP contribution >= 0.6 is 11.3 Å². The van der Waals surface area contributed by atoms with Crippen molar-refractivity contribution in [3.63, 3.8) is 0 Å². The number of hydrogen-bond donors (Lipinski definition) is 0. The van der Waals surface area contributed by atoms with E-state index >= 15 is 0 Å². The molecule has 0 bridgehead atoms. The van der Waals surface area contributed by atoms with Gasteiger partial charge in [0.1, 0.15) is 6.54 Å². The van der Waals surface area contributed by atoms with E-state index in [1.54, 1.807) is 30.7 Å². The summed E-state index contributed by atoms with van der Waals surface area (Å²) in [5, 5.41) is 0. The predicted molar refractivity (Wildman–Crippen MR) is 134 cm³/mol. The van der Waals surface area contributed by atoms with Crippen LogP contribution in [-0.4, -0.2) is 63.1 Å². The van der Waals surface area contributed by atoms with Crippen molar-refractivity contribution in [1.82, 2.24) is 8.87 Å². The molecule has 4 rings (SSSR count). The van der Waals surface area contributed by atoms with Crippen LogP contribution in [0.5, 0.6) is 11.5 Å². The fourth-order valence-electron chi connectivity index (χ4n) is 3.69. The standard InChI is InChI=1S/C24H27N3O7S2/c1-5-34-22(28)14-27-18-12-19(32-3)20(33-4)13-21(18)35-24(27)25-23(29)15-6-10-17(11-7-15)36(30,31)26(2)16-8-9-16/h6-7,10-13,16H,5,8-9,14H2,1-4H3. The monoisotopic (exact) mass is 533 g/mol. The molecule has 12 heteroatoms. The first-order valence-electron chi connectivity index (χ1n) is 11.3. The summed E-state index contributed by atoms with van der Waals surface area (Å²) in [6, 6.07) is 9.19. The molecule has 1 saturated carbocycles. The molecule has 0 N–H and O–H groups in total. The minimum Gasteiger partial charge on any atom is -0.493 e. The van der Waals surface area contributed by atoms with Crippen molar-refractivity contribution in [3.05, 3.63) is 46.8 Å². The number of aromatic nitrogens is 1. The summed E-state index contributed by atoms with van der Waals surface area (Å²) >= 11 is 1.21. The molecule has 10 nitrogen and oxygen atoms in total. The highest BCUT2D eigenvalue weighted by molar-refractivity contribution is 7.89. The first-order chi connectivity index (χ1) is 17.2. The molecule has 0 aliphatic heterocycles. The second kappa shape index (κ2) is 10.4. The molecule has 1 aliphatic rings. The molecule has 1 amide bonds. The topological polar surface area (TPSA) is 117 Å². The third-order valence-corrected chi connectivity index (χ3v) is 8.78. The van der Waals surface area contributed by atoms with Crippen LogP contribution in [0.1, 0.15) is 30.1 Å². The lowest BCUT2D eigenvalue weighted by molar-refractivity contribution is -0.143. The molecular formula is C24H27N3O7S2. The number of hydrogen-bond acceptors (Lipinski definition) is 8. The van der Waals surface area contributed by atoms with Gasteiger partial charge in [0, 0.05) is 30.8 Å². The summed E-state index contributed by atoms with van der Waals surface area (Å²) in [6.45, 7) is 1.78. The number of esters is 1. The second-order valence-electron chi connectivity index (χ2n) is 8.14. The Morgan fingerprint density at radius 3 is 2.33 bits per heavy atom. The fourth-order valence-corrected chi connectivity index (χ4v) is 6.15. The highest BCUT2D eigenvalue weighted by Crippen LogP contribution is 2.33. The molecule has 0 spiro atoms. The summed E-state index contributed by atoms with van der Waals surface area (Å²) < 4.78 is 45.0. The molecule has 0 saturated heterocycles. The van der Waals surface area contributed by atoms with Gasteiger partial charge in [-0.05, 0) is 44.0 Å². The number of ether oxygens (including phenoxy) is 3. The van der Waals surface area contributed by atoms with Gasteiger partial charge in [-0.3, -0.25) is 9.59 Å². The molecule has 36 heavy (non-hydrogen) atoms. The van der Waals surface area contributed by atoms with E-state index in [0.29, 0.717) is 17.0 Å². The number of methoxy groups -OCH3 is 2. The number of carbonyl (C=O) groups excluding carboxylic acids is 2. The van der Waals surface area contributed by atoms with Gasteiger partial charge < -0.3 is 18.8 Å². The summed E-state index contributed by atoms with van der Waals surface area (Å²) in [5.41, 5.74) is 0.847. The average Bonchev–Trinajstić information content (AvgIpc) is 3.67. The van der Waals surface area contributed by atoms with Crippen LogP contribution in [0, 0.1) is 0 Å². The van der Waals surface area contributed by atoms with Crippen molar-refractivity contribution >= 4 is 43.5 Å². The Hall–Kier alpha value is -3.22. The zero-order valence-electron chi connectivity index (χ0n) is 20.4. The van der Waals surface area contributed by atoms with Gasteiger partial charge in [-0.25, -0.2) is 8.42 Å². The van der Waals surface area contributed by atoms with Crippen molar-refractivity contribution in [2.24, 2.45) is 4.99 Å². The van der Waals surface area contributed by atoms with E-state index in [-0.39, 0.29) is 34.5 Å². The minimum atomic E-state index is -3.62. The zero-order chi connectivity index (χ0) is 26.0. The van der Waals surface area contributed by atoms with Crippen molar-refractivity contribution in [2.45, 2.75) is 37.2 Å². The Kier molecular flexibility index (Phi) is 7.48. The number of fused-ring (bicyclic) bond motifs is 1. The zero-order valence-corrected chi connectivity index (χ0v) is 22.0. The van der Waals surface area contributed by atoms with E-state index in [1.165, 1.54) is 54.1 Å². The summed E-state index contributed by atoms with van der Waals surface area (Å²) in [4.78, 5) is 30.0. The highest BCUT2D eigenvalue weighted by atomic mass is 32.2. The smallest absolute Gasteiger partial charge is 0.326 e. The molecule has 1 aromatic heterocycles. The lowest BCUT2D eigenvalue weighted by atomic mass is 10.2. The van der Waals surface area contributed by atoms with E-state index < -0.39 is 21.9 Å². The number of rotatable bonds is 9. The minimum absolute atomic E-state index is 0.0337. The predicted octanol–water partition coefficient (Wildman–Crippen LogP) is 2.81. The third-order valence-electron chi connectivity index (χ3n) is 5.82. The summed E-state index contributed by atoms with van der Waals surface area (Å²) in [5.74, 6) is -0.0839. The largest absolute Gasteiger partial charge is 0.493 e. The molecule has 1 aliphatic carbocycles. The van der Waals surface area contributed by atoms with E-state index in [0.717, 1.165) is 17.5 Å². The maximum Gasteiger partial charge on any atom is 0.326 e. The first-order valence-corrected chi connectivity index (χ1v) is 13.5. The maximum atomic E-state index is 13.0. The van der Waals surface area contributed by atoms with Gasteiger partial charge in [-0.2, -0.15) is 9.30 Å². The van der Waals surface area contributed by atoms with Crippen LogP contribution in [0.3, 0.4) is 0 Å². The Morgan fingerprint density at radius 2 is 1.75 bits per heavy atom. The van der Waals surface area contributed by atoms with Crippen molar-refractivity contribution in [3.8, 4) is 11.5 Å². The number of thiazole rings is 1. The Bertz CT molecular complexity index is 1470. The first kappa shape index (κ1) is 25.9. The second-order valence-corrected chi connectivity index (χ2v) is 11.2. The van der Waals surface area contributed by atoms with Crippen molar-refractivity contribution < 1.29 is 32.2 Å². The van der Waals surface area contributed by atoms with Crippen LogP contribution in [0.25, 0.3) is 10.2 Å². The number of nitrogens with zero attached hydrogens (tertiary/aromatic N) is 3. The number of sulfonamides is 1. The number of amides is 1. The van der Waals surface area contributed by atoms with Crippen LogP contribution in [0.4, 0.5) is 0 Å². The maximum absolute atomic E-state index is 13.0. The Balaban J connectivity index is 1.73. The van der Waals surface area contributed by atoms with Crippen LogP contribution < -0.4 is 14.3 Å². The Labute approximate surface area is 212 Å². The highest BCUT2D eigenvalue weighted by Gasteiger charge is 2.35. The summed E-state index contributed by atoms with van der Waals surface area (Å²) in [7, 11) is 0.971. The number of carbonyl (C=O) groups is 2. The van der Waals surface area contributed by atoms with Crippen LogP contribution in [0.2, 0.25) is 0 Å². The fraction of sp³-hybridized carbons (Fsp3) is 0.375. The Morgan fingerprint density at radius 1 is 1.11 bits per heavy atom. The molecule has 0 atom stereocenters. The molecule has 0 unspecified atom stereocenters. The van der Waals surface area contributed by atoms with Gasteiger partial charge in [-0.15, -0.1) is 0 Å². The van der Waals surface area contributed by atoms with Gasteiger partial charge in [0.05, 0.1) is 35.9 Å². The molecule has 1 fully saturated rings. The lowest BCUT2D eigenvalue weighted by Gasteiger charge is -2.16. The SMILES string of the molecule is CCOC(=O)Cn1c(=NC(=O)c2ccc(S(=O)(=O)N(C)C3CC3)cc2)sc2cc(OC)c(OC)cc21. The average molecular weight is 534 g/mol. The van der Waals surface area contributed by atoms with E-state index in [9.17, 15) is 18.0 Å². The van der Waals surface area contributed by atoms with Gasteiger partial charge in [0.2, 0.25) is 10.0 Å². The van der Waals surface area contributed by atoms with Crippen LogP contribution in [-0.2, 0) is 26.1 Å². The van der Waals surface area contributed by atoms with Crippen LogP contribution in [0.15, 0.2) is 46.3 Å². The summed E-state index contributed by atoms with van der Waals surface area (Å²) in [6.07, 6.45) is 1.70. The molecule has 1 heterocycles. The van der Waals surface area contributed by atoms with Gasteiger partial charge >= 0.3 is 5.97 Å². The molecular weight excluding hydrogens is 506 g/mol. The van der Waals surface area contributed by atoms with E-state index in [1.807, 2.05) is 0 Å². The molecule has 3 aromatic rings. The van der Waals surface area contributed by atoms with Gasteiger partial charge in [-0.1, -0.05) is 11.3 Å². The van der Waals surface area contributed by atoms with E-state index in [4.69, 9.17) is 14.2 Å². The molecule has 0 radical (unpaired) electrons. The lowest BCUT2D eigenvalue weighted by Crippen LogP contribution is -2.28. The van der Waals surface area contributed by atoms with Crippen molar-refractivity contribution in [1.29, 1.82) is 0 Å². The van der Waals surface area contributed by atoms with E-state index in [2.05, 4.69) is 4.99 Å². The third kappa shape index (κ3) is 5.15. The molecule has 192 valence electrons. The van der Waals surface area contributed by atoms with Gasteiger partial charge in [0.15, 0.2) is 16.3 Å². The van der Waals surface area contributed by atoms with Gasteiger partial charge in [0.25, 0.3) is 5.91 Å². The quantitative estimate of drug-likeness (QED) is 0.388. The number of benzene rings is 2. The van der Waals surface area contributed by atoms with Crippen molar-refractivity contribution in [2.75, 3.05) is 27.9 Å².